The zero-order valence-electron chi connectivity index (χ0n) is 15.3. The van der Waals surface area contributed by atoms with E-state index in [2.05, 4.69) is 5.32 Å². The molecule has 2 rings (SSSR count). The smallest absolute Gasteiger partial charge is 0.232 e. The maximum Gasteiger partial charge on any atom is 0.232 e. The average molecular weight is 447 g/mol. The lowest BCUT2D eigenvalue weighted by molar-refractivity contribution is -0.121. The number of nitrogens with one attached hydrogen (secondary N) is 1. The van der Waals surface area contributed by atoms with E-state index < -0.39 is 10.0 Å². The summed E-state index contributed by atoms with van der Waals surface area (Å²) in [5.41, 5.74) is 1.24. The molecule has 0 saturated heterocycles. The normalized spacial score (nSPS) is 11.3. The van der Waals surface area contributed by atoms with Crippen molar-refractivity contribution in [3.8, 4) is 0 Å². The number of amides is 1. The molecule has 0 unspecified atom stereocenters. The summed E-state index contributed by atoms with van der Waals surface area (Å²) in [6, 6.07) is 10.6. The molecule has 0 radical (unpaired) electrons. The van der Waals surface area contributed by atoms with Crippen molar-refractivity contribution >= 4 is 44.8 Å². The van der Waals surface area contributed by atoms with Crippen molar-refractivity contribution < 1.29 is 17.6 Å². The van der Waals surface area contributed by atoms with E-state index in [4.69, 9.17) is 23.2 Å². The van der Waals surface area contributed by atoms with Crippen molar-refractivity contribution in [1.29, 1.82) is 0 Å². The van der Waals surface area contributed by atoms with E-state index in [0.29, 0.717) is 30.1 Å². The Morgan fingerprint density at radius 3 is 2.43 bits per heavy atom. The molecule has 9 heteroatoms. The Morgan fingerprint density at radius 2 is 1.82 bits per heavy atom. The first-order valence-electron chi connectivity index (χ1n) is 8.61. The Balaban J connectivity index is 1.84. The van der Waals surface area contributed by atoms with Gasteiger partial charge in [-0.25, -0.2) is 12.8 Å². The van der Waals surface area contributed by atoms with Gasteiger partial charge in [-0.15, -0.1) is 0 Å². The lowest BCUT2D eigenvalue weighted by atomic mass is 10.1. The van der Waals surface area contributed by atoms with Crippen LogP contribution < -0.4 is 9.62 Å². The fourth-order valence-electron chi connectivity index (χ4n) is 2.62. The predicted molar refractivity (Wildman–Crippen MR) is 111 cm³/mol. The Labute approximate surface area is 174 Å². The molecular weight excluding hydrogens is 426 g/mol. The zero-order valence-corrected chi connectivity index (χ0v) is 17.6. The highest BCUT2D eigenvalue weighted by molar-refractivity contribution is 7.92. The highest BCUT2D eigenvalue weighted by Gasteiger charge is 2.20. The topological polar surface area (TPSA) is 66.5 Å². The molecule has 0 heterocycles. The number of rotatable bonds is 9. The van der Waals surface area contributed by atoms with Crippen molar-refractivity contribution in [3.63, 3.8) is 0 Å². The number of carbonyl (C=O) groups is 1. The highest BCUT2D eigenvalue weighted by Crippen LogP contribution is 2.30. The van der Waals surface area contributed by atoms with Gasteiger partial charge < -0.3 is 5.32 Å². The van der Waals surface area contributed by atoms with E-state index in [1.54, 1.807) is 18.2 Å². The number of sulfonamides is 1. The molecule has 0 fully saturated rings. The van der Waals surface area contributed by atoms with Gasteiger partial charge in [0.1, 0.15) is 5.82 Å². The molecule has 0 saturated carbocycles. The van der Waals surface area contributed by atoms with Crippen molar-refractivity contribution in [2.75, 3.05) is 23.7 Å². The number of hydrogen-bond acceptors (Lipinski definition) is 3. The minimum Gasteiger partial charge on any atom is -0.356 e. The van der Waals surface area contributed by atoms with Crippen molar-refractivity contribution in [1.82, 2.24) is 5.32 Å². The van der Waals surface area contributed by atoms with Crippen LogP contribution in [-0.4, -0.2) is 33.7 Å². The van der Waals surface area contributed by atoms with Gasteiger partial charge >= 0.3 is 0 Å². The van der Waals surface area contributed by atoms with Crippen LogP contribution in [-0.2, 0) is 21.2 Å². The highest BCUT2D eigenvalue weighted by atomic mass is 35.5. The van der Waals surface area contributed by atoms with Crippen molar-refractivity contribution in [2.24, 2.45) is 0 Å². The van der Waals surface area contributed by atoms with Crippen LogP contribution in [0.15, 0.2) is 42.5 Å². The SMILES string of the molecule is CS(=O)(=O)N(CCCC(=O)NCCc1ccc(F)cc1)c1ccc(Cl)cc1Cl. The summed E-state index contributed by atoms with van der Waals surface area (Å²) in [6.07, 6.45) is 2.16. The predicted octanol–water partition coefficient (Wildman–Crippen LogP) is 4.04. The van der Waals surface area contributed by atoms with E-state index in [9.17, 15) is 17.6 Å². The molecule has 0 bridgehead atoms. The lowest BCUT2D eigenvalue weighted by Crippen LogP contribution is -2.32. The van der Waals surface area contributed by atoms with Crippen LogP contribution in [0.2, 0.25) is 10.0 Å². The van der Waals surface area contributed by atoms with Crippen LogP contribution >= 0.6 is 23.2 Å². The molecule has 1 amide bonds. The van der Waals surface area contributed by atoms with E-state index >= 15 is 0 Å². The van der Waals surface area contributed by atoms with E-state index in [-0.39, 0.29) is 29.7 Å². The number of anilines is 1. The van der Waals surface area contributed by atoms with E-state index in [1.807, 2.05) is 0 Å². The number of halogens is 3. The van der Waals surface area contributed by atoms with Gasteiger partial charge in [0.25, 0.3) is 0 Å². The van der Waals surface area contributed by atoms with E-state index in [0.717, 1.165) is 16.1 Å². The third kappa shape index (κ3) is 6.96. The summed E-state index contributed by atoms with van der Waals surface area (Å²) >= 11 is 12.0. The number of hydrogen-bond donors (Lipinski definition) is 1. The Hall–Kier alpha value is -1.83. The van der Waals surface area contributed by atoms with Crippen LogP contribution in [0.5, 0.6) is 0 Å². The summed E-state index contributed by atoms with van der Waals surface area (Å²) in [5, 5.41) is 3.40. The second-order valence-electron chi connectivity index (χ2n) is 6.26. The van der Waals surface area contributed by atoms with Crippen molar-refractivity contribution in [2.45, 2.75) is 19.3 Å². The molecule has 0 aromatic heterocycles. The third-order valence-electron chi connectivity index (χ3n) is 3.99. The summed E-state index contributed by atoms with van der Waals surface area (Å²) in [5.74, 6) is -0.484. The minimum atomic E-state index is -3.56. The molecule has 0 aliphatic carbocycles. The maximum atomic E-state index is 12.9. The van der Waals surface area contributed by atoms with Crippen LogP contribution in [0.3, 0.4) is 0 Å². The molecule has 0 spiro atoms. The van der Waals surface area contributed by atoms with Gasteiger partial charge in [-0.2, -0.15) is 0 Å². The third-order valence-corrected chi connectivity index (χ3v) is 5.71. The second kappa shape index (κ2) is 10.1. The molecule has 1 N–H and O–H groups in total. The van der Waals surface area contributed by atoms with Crippen LogP contribution in [0.25, 0.3) is 0 Å². The molecule has 2 aromatic carbocycles. The number of benzene rings is 2. The standard InChI is InChI=1S/C19H21Cl2FN2O3S/c1-28(26,27)24(18-9-6-15(20)13-17(18)21)12-2-3-19(25)23-11-10-14-4-7-16(22)8-5-14/h4-9,13H,2-3,10-12H2,1H3,(H,23,25). The minimum absolute atomic E-state index is 0.117. The molecular formula is C19H21Cl2FN2O3S. The summed E-state index contributed by atoms with van der Waals surface area (Å²) in [4.78, 5) is 12.0. The van der Waals surface area contributed by atoms with Crippen LogP contribution in [0.4, 0.5) is 10.1 Å². The van der Waals surface area contributed by atoms with Crippen LogP contribution in [0.1, 0.15) is 18.4 Å². The molecule has 152 valence electrons. The van der Waals surface area contributed by atoms with Gasteiger partial charge in [0, 0.05) is 24.5 Å². The fourth-order valence-corrected chi connectivity index (χ4v) is 4.16. The fraction of sp³-hybridized carbons (Fsp3) is 0.316. The summed E-state index contributed by atoms with van der Waals surface area (Å²) in [7, 11) is -3.56. The Kier molecular flexibility index (Phi) is 8.10. The van der Waals surface area contributed by atoms with Gasteiger partial charge in [0.2, 0.25) is 15.9 Å². The van der Waals surface area contributed by atoms with Crippen LogP contribution in [0, 0.1) is 5.82 Å². The van der Waals surface area contributed by atoms with Gasteiger partial charge in [0.15, 0.2) is 0 Å². The Bertz CT molecular complexity index is 921. The van der Waals surface area contributed by atoms with Gasteiger partial charge in [-0.3, -0.25) is 9.10 Å². The monoisotopic (exact) mass is 446 g/mol. The zero-order chi connectivity index (χ0) is 20.7. The van der Waals surface area contributed by atoms with Gasteiger partial charge in [-0.05, 0) is 48.7 Å². The maximum absolute atomic E-state index is 12.9. The first-order valence-corrected chi connectivity index (χ1v) is 11.2. The molecule has 0 aliphatic heterocycles. The quantitative estimate of drug-likeness (QED) is 0.631. The first kappa shape index (κ1) is 22.5. The molecule has 5 nitrogen and oxygen atoms in total. The molecule has 0 atom stereocenters. The van der Waals surface area contributed by atoms with Crippen molar-refractivity contribution in [3.05, 3.63) is 63.9 Å². The first-order chi connectivity index (χ1) is 13.2. The molecule has 2 aromatic rings. The van der Waals surface area contributed by atoms with E-state index in [1.165, 1.54) is 24.3 Å². The molecule has 0 aliphatic rings. The Morgan fingerprint density at radius 1 is 1.14 bits per heavy atom. The summed E-state index contributed by atoms with van der Waals surface area (Å²) < 4.78 is 38.2. The average Bonchev–Trinajstić information content (AvgIpc) is 2.60. The number of carbonyl (C=O) groups excluding carboxylic acids is 1. The largest absolute Gasteiger partial charge is 0.356 e. The second-order valence-corrected chi connectivity index (χ2v) is 9.01. The van der Waals surface area contributed by atoms with Gasteiger partial charge in [0.05, 0.1) is 17.0 Å². The molecule has 28 heavy (non-hydrogen) atoms. The number of nitrogens with zero attached hydrogens (tertiary/aromatic N) is 1. The lowest BCUT2D eigenvalue weighted by Gasteiger charge is -2.23. The summed E-state index contributed by atoms with van der Waals surface area (Å²) in [6.45, 7) is 0.537. The van der Waals surface area contributed by atoms with Gasteiger partial charge in [-0.1, -0.05) is 35.3 Å².